The Morgan fingerprint density at radius 3 is 2.31 bits per heavy atom. The summed E-state index contributed by atoms with van der Waals surface area (Å²) in [6.45, 7) is 4.37. The molecule has 2 aromatic carbocycles. The molecule has 16 nitrogen and oxygen atoms in total. The molecule has 0 radical (unpaired) electrons. The number of hydrogen-bond acceptors (Lipinski definition) is 10. The highest BCUT2D eigenvalue weighted by Gasteiger charge is 2.36. The van der Waals surface area contributed by atoms with E-state index in [1.165, 1.54) is 23.5 Å². The minimum Gasteiger partial charge on any atom is -0.406 e. The molecule has 54 heavy (non-hydrogen) atoms. The Labute approximate surface area is 315 Å². The molecule has 3 aromatic rings. The fourth-order valence-corrected chi connectivity index (χ4v) is 6.72. The third-order valence-electron chi connectivity index (χ3n) is 8.59. The highest BCUT2D eigenvalue weighted by atomic mass is 31.2. The van der Waals surface area contributed by atoms with Crippen molar-refractivity contribution in [3.05, 3.63) is 89.5 Å². The summed E-state index contributed by atoms with van der Waals surface area (Å²) in [5.41, 5.74) is 1.41. The monoisotopic (exact) mass is 782 g/mol. The molecule has 0 saturated carbocycles. The van der Waals surface area contributed by atoms with Crippen LogP contribution in [-0.2, 0) is 52.5 Å². The number of benzene rings is 2. The predicted octanol–water partition coefficient (Wildman–Crippen LogP) is 3.52. The first-order valence-corrected chi connectivity index (χ1v) is 20.0. The van der Waals surface area contributed by atoms with Gasteiger partial charge in [0.25, 0.3) is 5.91 Å². The van der Waals surface area contributed by atoms with E-state index in [0.29, 0.717) is 18.5 Å². The number of fused-ring (bicyclic) bond motifs is 1. The van der Waals surface area contributed by atoms with E-state index in [1.54, 1.807) is 13.1 Å². The van der Waals surface area contributed by atoms with Gasteiger partial charge in [-0.1, -0.05) is 50.2 Å². The average molecular weight is 783 g/mol. The van der Waals surface area contributed by atoms with Gasteiger partial charge in [0.1, 0.15) is 11.7 Å². The molecule has 288 valence electrons. The number of unbranched alkanes of at least 4 members (excludes halogenated alkanes) is 1. The molecular weight excluding hydrogens is 737 g/mol. The van der Waals surface area contributed by atoms with Crippen LogP contribution < -0.4 is 20.9 Å². The van der Waals surface area contributed by atoms with Gasteiger partial charge in [0.05, 0.1) is 25.4 Å². The molecule has 1 aliphatic heterocycles. The van der Waals surface area contributed by atoms with Crippen LogP contribution in [-0.4, -0.2) is 75.1 Å². The SMILES string of the molecule is CC(C)C[C@@H](NC(=O)[C@@H](Cc1ccccc1)NC(=O)c1cnccn1)B1OCc2ccc(N(C)C(=O)CCCCC(=O)NC(P=O)P(=O)(O)O)cc2CO1. The van der Waals surface area contributed by atoms with Crippen LogP contribution in [0.15, 0.2) is 67.1 Å². The summed E-state index contributed by atoms with van der Waals surface area (Å²) in [5.74, 6) is -2.23. The maximum Gasteiger partial charge on any atom is 0.481 e. The van der Waals surface area contributed by atoms with Gasteiger partial charge in [-0.3, -0.25) is 33.3 Å². The summed E-state index contributed by atoms with van der Waals surface area (Å²) in [6.07, 6.45) is 5.59. The molecule has 0 aliphatic carbocycles. The molecule has 0 bridgehead atoms. The Balaban J connectivity index is 1.37. The van der Waals surface area contributed by atoms with Crippen LogP contribution in [0.2, 0.25) is 0 Å². The minimum absolute atomic E-state index is 0.0835. The van der Waals surface area contributed by atoms with Gasteiger partial charge in [0.15, 0.2) is 8.46 Å². The van der Waals surface area contributed by atoms with Gasteiger partial charge in [-0.05, 0) is 54.0 Å². The number of carbonyl (C=O) groups is 4. The van der Waals surface area contributed by atoms with E-state index >= 15 is 0 Å². The van der Waals surface area contributed by atoms with Crippen molar-refractivity contribution in [2.75, 3.05) is 11.9 Å². The van der Waals surface area contributed by atoms with Crippen LogP contribution in [0, 0.1) is 5.92 Å². The topological polar surface area (TPSA) is 226 Å². The number of amides is 4. The Hall–Kier alpha value is -4.37. The fraction of sp³-hybridized carbons (Fsp3) is 0.429. The zero-order chi connectivity index (χ0) is 39.3. The molecular formula is C35H45BN6O10P2. The van der Waals surface area contributed by atoms with E-state index < -0.39 is 58.4 Å². The van der Waals surface area contributed by atoms with Crippen LogP contribution >= 0.6 is 16.1 Å². The van der Waals surface area contributed by atoms with Crippen molar-refractivity contribution in [3.8, 4) is 0 Å². The lowest BCUT2D eigenvalue weighted by Gasteiger charge is -2.27. The van der Waals surface area contributed by atoms with Gasteiger partial charge in [0.2, 0.25) is 23.2 Å². The van der Waals surface area contributed by atoms with Crippen molar-refractivity contribution in [2.45, 2.75) is 83.1 Å². The lowest BCUT2D eigenvalue weighted by molar-refractivity contribution is -0.123. The second-order valence-corrected chi connectivity index (χ2v) is 16.1. The Morgan fingerprint density at radius 2 is 1.67 bits per heavy atom. The molecule has 0 spiro atoms. The molecule has 4 rings (SSSR count). The predicted molar refractivity (Wildman–Crippen MR) is 200 cm³/mol. The fourth-order valence-electron chi connectivity index (χ4n) is 5.72. The van der Waals surface area contributed by atoms with Crippen molar-refractivity contribution in [2.24, 2.45) is 5.92 Å². The van der Waals surface area contributed by atoms with Crippen molar-refractivity contribution in [1.82, 2.24) is 25.9 Å². The molecule has 3 atom stereocenters. The summed E-state index contributed by atoms with van der Waals surface area (Å²) >= 11 is 0. The number of aromatic nitrogens is 2. The van der Waals surface area contributed by atoms with Crippen molar-refractivity contribution in [1.29, 1.82) is 0 Å². The Bertz CT molecular complexity index is 1800. The highest BCUT2D eigenvalue weighted by Crippen LogP contribution is 2.44. The smallest absolute Gasteiger partial charge is 0.406 e. The lowest BCUT2D eigenvalue weighted by atomic mass is 9.73. The van der Waals surface area contributed by atoms with E-state index in [-0.39, 0.29) is 56.4 Å². The Morgan fingerprint density at radius 1 is 0.963 bits per heavy atom. The summed E-state index contributed by atoms with van der Waals surface area (Å²) in [4.78, 5) is 79.7. The zero-order valence-electron chi connectivity index (χ0n) is 30.3. The highest BCUT2D eigenvalue weighted by molar-refractivity contribution is 7.61. The van der Waals surface area contributed by atoms with E-state index in [0.717, 1.165) is 16.7 Å². The molecule has 1 unspecified atom stereocenters. The number of nitrogens with one attached hydrogen (secondary N) is 3. The first-order valence-electron chi connectivity index (χ1n) is 17.4. The third-order valence-corrected chi connectivity index (χ3v) is 10.9. The van der Waals surface area contributed by atoms with Gasteiger partial charge in [-0.2, -0.15) is 0 Å². The third kappa shape index (κ3) is 12.9. The summed E-state index contributed by atoms with van der Waals surface area (Å²) < 4.78 is 34.7. The van der Waals surface area contributed by atoms with Crippen molar-refractivity contribution in [3.63, 3.8) is 0 Å². The van der Waals surface area contributed by atoms with Crippen LogP contribution in [0.25, 0.3) is 0 Å². The van der Waals surface area contributed by atoms with Crippen molar-refractivity contribution >= 4 is 52.5 Å². The van der Waals surface area contributed by atoms with Crippen LogP contribution in [0.5, 0.6) is 0 Å². The molecule has 2 heterocycles. The molecule has 4 amide bonds. The van der Waals surface area contributed by atoms with E-state index in [2.05, 4.69) is 20.6 Å². The maximum atomic E-state index is 13.9. The zero-order valence-corrected chi connectivity index (χ0v) is 32.1. The molecule has 0 fully saturated rings. The van der Waals surface area contributed by atoms with E-state index in [9.17, 15) is 28.3 Å². The maximum absolute atomic E-state index is 13.9. The quantitative estimate of drug-likeness (QED) is 0.0710. The van der Waals surface area contributed by atoms with E-state index in [1.807, 2.05) is 61.6 Å². The van der Waals surface area contributed by atoms with E-state index in [4.69, 9.17) is 19.1 Å². The normalized spacial score (nSPS) is 14.7. The summed E-state index contributed by atoms with van der Waals surface area (Å²) in [6, 6.07) is 13.9. The molecule has 5 N–H and O–H groups in total. The largest absolute Gasteiger partial charge is 0.481 e. The van der Waals surface area contributed by atoms with Crippen LogP contribution in [0.4, 0.5) is 5.69 Å². The van der Waals surface area contributed by atoms with Gasteiger partial charge in [0, 0.05) is 44.4 Å². The van der Waals surface area contributed by atoms with Gasteiger partial charge in [-0.15, -0.1) is 0 Å². The first kappa shape index (κ1) is 42.4. The van der Waals surface area contributed by atoms with Gasteiger partial charge in [-0.25, -0.2) is 4.98 Å². The number of anilines is 1. The number of hydrogen-bond donors (Lipinski definition) is 5. The van der Waals surface area contributed by atoms with Gasteiger partial charge < -0.3 is 39.9 Å². The van der Waals surface area contributed by atoms with Crippen LogP contribution in [0.3, 0.4) is 0 Å². The summed E-state index contributed by atoms with van der Waals surface area (Å²) in [7, 11) is -4.83. The lowest BCUT2D eigenvalue weighted by Crippen LogP contribution is -2.56. The Kier molecular flexibility index (Phi) is 16.0. The standard InChI is InChI=1S/C35H45BN6O10P2/c1-23(2)17-30(40-33(45)28(18-24-9-5-4-6-10-24)39-34(46)29-20-37-15-16-38-29)36-51-21-25-13-14-27(19-26(25)22-52-36)42(3)32(44)12-8-7-11-31(43)41-35(53-47)54(48,49)50/h4-6,9-10,13-16,19-20,23,28,30,35H,7-8,11-12,17-18,21-22H2,1-3H3,(H,39,46)(H,40,45)(H,41,43)(H2,48,49,50)/t28-,30-,35?/m1/s1. The number of rotatable bonds is 18. The van der Waals surface area contributed by atoms with Crippen LogP contribution in [0.1, 0.15) is 73.1 Å². The summed E-state index contributed by atoms with van der Waals surface area (Å²) in [5, 5.41) is 7.93. The molecule has 19 heteroatoms. The first-order chi connectivity index (χ1) is 25.7. The molecule has 1 aliphatic rings. The second kappa shape index (κ2) is 20.4. The minimum atomic E-state index is -4.76. The molecule has 0 saturated heterocycles. The molecule has 1 aromatic heterocycles. The second-order valence-electron chi connectivity index (χ2n) is 13.3. The average Bonchev–Trinajstić information content (AvgIpc) is 3.37. The van der Waals surface area contributed by atoms with Crippen molar-refractivity contribution < 1.29 is 47.4 Å². The van der Waals surface area contributed by atoms with Gasteiger partial charge >= 0.3 is 14.7 Å². The number of nitrogens with zero attached hydrogens (tertiary/aromatic N) is 3. The number of carbonyl (C=O) groups excluding carboxylic acids is 4.